The molecule has 7 nitrogen and oxygen atoms in total. The number of amides is 1. The molecule has 1 amide bonds. The number of hydrogen-bond acceptors (Lipinski definition) is 5. The molecule has 4 N–H and O–H groups in total. The van der Waals surface area contributed by atoms with Crippen LogP contribution in [0.1, 0.15) is 5.69 Å². The molecule has 0 aliphatic carbocycles. The van der Waals surface area contributed by atoms with E-state index in [1.807, 2.05) is 0 Å². The Kier molecular flexibility index (Phi) is 3.19. The molecule has 0 atom stereocenters. The first kappa shape index (κ1) is 12.1. The van der Waals surface area contributed by atoms with Crippen molar-refractivity contribution in [1.82, 2.24) is 10.0 Å². The minimum atomic E-state index is -0.962. The normalized spacial score (nSPS) is 9.88. The molecule has 0 unspecified atom stereocenters. The van der Waals surface area contributed by atoms with Crippen molar-refractivity contribution < 1.29 is 15.1 Å². The number of carbonyl (C=O) groups is 1. The lowest BCUT2D eigenvalue weighted by Gasteiger charge is -2.09. The summed E-state index contributed by atoms with van der Waals surface area (Å²) < 4.78 is 0.247. The van der Waals surface area contributed by atoms with Crippen LogP contribution >= 0.6 is 11.6 Å². The van der Waals surface area contributed by atoms with E-state index in [1.54, 1.807) is 0 Å². The van der Waals surface area contributed by atoms with Gasteiger partial charge in [-0.05, 0) is 0 Å². The van der Waals surface area contributed by atoms with Crippen molar-refractivity contribution in [3.8, 4) is 5.75 Å². The molecule has 1 aromatic heterocycles. The highest BCUT2D eigenvalue weighted by molar-refractivity contribution is 6.47. The molecule has 1 aromatic rings. The summed E-state index contributed by atoms with van der Waals surface area (Å²) in [5.41, 5.74) is -2.13. The van der Waals surface area contributed by atoms with Crippen molar-refractivity contribution in [3.63, 3.8) is 0 Å². The summed E-state index contributed by atoms with van der Waals surface area (Å²) in [5, 5.41) is 27.3. The lowest BCUT2D eigenvalue weighted by atomic mass is 10.2. The van der Waals surface area contributed by atoms with Crippen molar-refractivity contribution in [1.29, 1.82) is 5.41 Å². The largest absolute Gasteiger partial charge is 0.503 e. The Labute approximate surface area is 94.4 Å². The van der Waals surface area contributed by atoms with Gasteiger partial charge < -0.3 is 15.6 Å². The van der Waals surface area contributed by atoms with Crippen LogP contribution in [0.2, 0.25) is 5.02 Å². The standard InChI is InChI=1S/C8H8ClN3O4/c1-11-8(15)5(10)6-4(9)7(14)3(13)2-12(6)16/h2,10,13,16H,1H3,(H,11,15). The molecule has 1 rings (SSSR count). The fraction of sp³-hybridized carbons (Fsp3) is 0.125. The quantitative estimate of drug-likeness (QED) is 0.417. The topological polar surface area (TPSA) is 115 Å². The van der Waals surface area contributed by atoms with Gasteiger partial charge in [-0.1, -0.05) is 11.6 Å². The summed E-state index contributed by atoms with van der Waals surface area (Å²) in [4.78, 5) is 22.4. The molecule has 0 spiro atoms. The molecule has 86 valence electrons. The van der Waals surface area contributed by atoms with Gasteiger partial charge in [-0.15, -0.1) is 0 Å². The van der Waals surface area contributed by atoms with Crippen molar-refractivity contribution >= 4 is 23.2 Å². The second-order valence-corrected chi connectivity index (χ2v) is 3.18. The van der Waals surface area contributed by atoms with Gasteiger partial charge in [0.25, 0.3) is 5.91 Å². The Bertz CT molecular complexity index is 523. The molecule has 0 radical (unpaired) electrons. The number of carbonyl (C=O) groups excluding carboxylic acids is 1. The van der Waals surface area contributed by atoms with Crippen LogP contribution in [0.3, 0.4) is 0 Å². The van der Waals surface area contributed by atoms with Gasteiger partial charge in [0.1, 0.15) is 16.4 Å². The van der Waals surface area contributed by atoms with E-state index in [9.17, 15) is 14.8 Å². The monoisotopic (exact) mass is 245 g/mol. The Balaban J connectivity index is 3.46. The van der Waals surface area contributed by atoms with Crippen LogP contribution in [-0.2, 0) is 4.79 Å². The van der Waals surface area contributed by atoms with Crippen molar-refractivity contribution in [3.05, 3.63) is 27.1 Å². The van der Waals surface area contributed by atoms with Gasteiger partial charge >= 0.3 is 0 Å². The third kappa shape index (κ3) is 1.84. The van der Waals surface area contributed by atoms with Crippen LogP contribution in [0.15, 0.2) is 11.0 Å². The molecule has 0 aromatic carbocycles. The first-order valence-corrected chi connectivity index (χ1v) is 4.42. The second kappa shape index (κ2) is 4.23. The van der Waals surface area contributed by atoms with Crippen LogP contribution in [0.25, 0.3) is 0 Å². The molecular formula is C8H8ClN3O4. The Hall–Kier alpha value is -2.02. The summed E-state index contributed by atoms with van der Waals surface area (Å²) in [6.45, 7) is 0. The lowest BCUT2D eigenvalue weighted by molar-refractivity contribution is -0.114. The Morgan fingerprint density at radius 2 is 2.19 bits per heavy atom. The van der Waals surface area contributed by atoms with Crippen molar-refractivity contribution in [2.75, 3.05) is 7.05 Å². The maximum absolute atomic E-state index is 11.2. The molecule has 8 heteroatoms. The third-order valence-electron chi connectivity index (χ3n) is 1.80. The molecule has 16 heavy (non-hydrogen) atoms. The third-order valence-corrected chi connectivity index (χ3v) is 2.16. The van der Waals surface area contributed by atoms with Gasteiger partial charge in [0.15, 0.2) is 5.75 Å². The number of rotatable bonds is 2. The zero-order valence-electron chi connectivity index (χ0n) is 8.11. The van der Waals surface area contributed by atoms with Crippen LogP contribution < -0.4 is 10.7 Å². The number of likely N-dealkylation sites (N-methyl/N-ethyl adjacent to an activating group) is 1. The van der Waals surface area contributed by atoms with E-state index >= 15 is 0 Å². The minimum absolute atomic E-state index is 0.247. The highest BCUT2D eigenvalue weighted by atomic mass is 35.5. The average molecular weight is 246 g/mol. The van der Waals surface area contributed by atoms with Crippen LogP contribution in [0.4, 0.5) is 0 Å². The summed E-state index contributed by atoms with van der Waals surface area (Å²) in [5.74, 6) is -1.60. The average Bonchev–Trinajstić information content (AvgIpc) is 2.24. The van der Waals surface area contributed by atoms with Crippen LogP contribution in [-0.4, -0.2) is 33.7 Å². The van der Waals surface area contributed by atoms with E-state index in [0.29, 0.717) is 6.20 Å². The molecule has 0 aliphatic rings. The fourth-order valence-electron chi connectivity index (χ4n) is 1.02. The van der Waals surface area contributed by atoms with Crippen LogP contribution in [0.5, 0.6) is 5.75 Å². The van der Waals surface area contributed by atoms with E-state index in [0.717, 1.165) is 0 Å². The fourth-order valence-corrected chi connectivity index (χ4v) is 1.29. The SMILES string of the molecule is CNC(=O)C(=N)c1c(Cl)c(=O)c(O)cn1O. The number of halogens is 1. The predicted molar refractivity (Wildman–Crippen MR) is 55.5 cm³/mol. The number of aromatic hydroxyl groups is 1. The van der Waals surface area contributed by atoms with Gasteiger partial charge in [0, 0.05) is 7.05 Å². The zero-order chi connectivity index (χ0) is 12.5. The first-order valence-electron chi connectivity index (χ1n) is 4.04. The summed E-state index contributed by atoms with van der Waals surface area (Å²) >= 11 is 5.53. The van der Waals surface area contributed by atoms with Crippen molar-refractivity contribution in [2.45, 2.75) is 0 Å². The summed E-state index contributed by atoms with van der Waals surface area (Å²) in [6, 6.07) is 0. The Morgan fingerprint density at radius 3 is 2.69 bits per heavy atom. The number of hydrogen-bond donors (Lipinski definition) is 4. The molecule has 0 fully saturated rings. The molecule has 0 saturated carbocycles. The minimum Gasteiger partial charge on any atom is -0.503 e. The highest BCUT2D eigenvalue weighted by Crippen LogP contribution is 2.15. The van der Waals surface area contributed by atoms with Gasteiger partial charge in [0.2, 0.25) is 5.43 Å². The molecule has 0 bridgehead atoms. The van der Waals surface area contributed by atoms with E-state index in [1.165, 1.54) is 7.05 Å². The van der Waals surface area contributed by atoms with E-state index in [-0.39, 0.29) is 4.73 Å². The van der Waals surface area contributed by atoms with Gasteiger partial charge in [-0.25, -0.2) is 0 Å². The maximum atomic E-state index is 11.2. The van der Waals surface area contributed by atoms with E-state index in [4.69, 9.17) is 22.1 Å². The maximum Gasteiger partial charge on any atom is 0.271 e. The molecular weight excluding hydrogens is 238 g/mol. The summed E-state index contributed by atoms with van der Waals surface area (Å²) in [6.07, 6.45) is 0.654. The van der Waals surface area contributed by atoms with Crippen molar-refractivity contribution in [2.24, 2.45) is 0 Å². The summed E-state index contributed by atoms with van der Waals surface area (Å²) in [7, 11) is 1.28. The second-order valence-electron chi connectivity index (χ2n) is 2.80. The zero-order valence-corrected chi connectivity index (χ0v) is 8.87. The number of pyridine rings is 1. The van der Waals surface area contributed by atoms with Gasteiger partial charge in [-0.3, -0.25) is 15.0 Å². The number of nitrogens with one attached hydrogen (secondary N) is 2. The van der Waals surface area contributed by atoms with Gasteiger partial charge in [0.05, 0.1) is 6.20 Å². The molecule has 0 aliphatic heterocycles. The van der Waals surface area contributed by atoms with E-state index < -0.39 is 33.5 Å². The Morgan fingerprint density at radius 1 is 1.62 bits per heavy atom. The predicted octanol–water partition coefficient (Wildman–Crippen LogP) is -0.442. The van der Waals surface area contributed by atoms with Gasteiger partial charge in [-0.2, -0.15) is 4.73 Å². The molecule has 0 saturated heterocycles. The molecule has 1 heterocycles. The van der Waals surface area contributed by atoms with Crippen LogP contribution in [0, 0.1) is 5.41 Å². The first-order chi connectivity index (χ1) is 7.40. The number of aromatic nitrogens is 1. The van der Waals surface area contributed by atoms with E-state index in [2.05, 4.69) is 5.32 Å². The smallest absolute Gasteiger partial charge is 0.271 e. The lowest BCUT2D eigenvalue weighted by Crippen LogP contribution is -2.31. The number of nitrogens with zero attached hydrogens (tertiary/aromatic N) is 1. The highest BCUT2D eigenvalue weighted by Gasteiger charge is 2.21.